The molecule has 2 aromatic rings. The summed E-state index contributed by atoms with van der Waals surface area (Å²) in [6.45, 7) is 11.0. The summed E-state index contributed by atoms with van der Waals surface area (Å²) in [5.74, 6) is -0.504. The summed E-state index contributed by atoms with van der Waals surface area (Å²) in [5.41, 5.74) is 1.63. The minimum atomic E-state index is -0.643. The fourth-order valence-corrected chi connectivity index (χ4v) is 4.16. The number of carbonyl (C=O) groups is 2. The molecule has 2 atom stereocenters. The van der Waals surface area contributed by atoms with Crippen LogP contribution in [0.1, 0.15) is 50.8 Å². The lowest BCUT2D eigenvalue weighted by Crippen LogP contribution is -2.59. The normalized spacial score (nSPS) is 20.8. The molecule has 2 aliphatic heterocycles. The highest BCUT2D eigenvalue weighted by atomic mass is 35.5. The number of rotatable bonds is 1. The number of esters is 1. The molecule has 1 saturated heterocycles. The zero-order valence-electron chi connectivity index (χ0n) is 18.5. The third-order valence-corrected chi connectivity index (χ3v) is 5.73. The van der Waals surface area contributed by atoms with E-state index in [4.69, 9.17) is 16.3 Å². The van der Waals surface area contributed by atoms with Crippen molar-refractivity contribution in [1.29, 1.82) is 0 Å². The van der Waals surface area contributed by atoms with E-state index in [9.17, 15) is 9.59 Å². The molecule has 0 aliphatic carbocycles. The van der Waals surface area contributed by atoms with Crippen LogP contribution in [0, 0.1) is 0 Å². The number of nitrogens with zero attached hydrogens (tertiary/aromatic N) is 4. The molecule has 2 aliphatic rings. The second kappa shape index (κ2) is 7.84. The van der Waals surface area contributed by atoms with Crippen LogP contribution in [0.4, 0.5) is 10.5 Å². The molecule has 1 aromatic heterocycles. The van der Waals surface area contributed by atoms with Gasteiger partial charge in [0.15, 0.2) is 5.69 Å². The van der Waals surface area contributed by atoms with Crippen LogP contribution in [0.2, 0.25) is 5.02 Å². The van der Waals surface area contributed by atoms with Crippen molar-refractivity contribution in [2.75, 3.05) is 18.0 Å². The van der Waals surface area contributed by atoms with Gasteiger partial charge in [-0.25, -0.2) is 14.6 Å². The van der Waals surface area contributed by atoms with E-state index in [0.29, 0.717) is 22.9 Å². The highest BCUT2D eigenvalue weighted by Crippen LogP contribution is 2.36. The number of nitrogens with one attached hydrogen (secondary N) is 1. The molecule has 8 nitrogen and oxygen atoms in total. The second-order valence-corrected chi connectivity index (χ2v) is 9.66. The molecule has 0 saturated carbocycles. The summed E-state index contributed by atoms with van der Waals surface area (Å²) >= 11 is 6.28. The third kappa shape index (κ3) is 4.14. The lowest BCUT2D eigenvalue weighted by atomic mass is 10.1. The maximum absolute atomic E-state index is 13.7. The molecule has 0 bridgehead atoms. The summed E-state index contributed by atoms with van der Waals surface area (Å²) < 4.78 is 7.37. The SMILES string of the molecule is C[C@@H]1CN(C(=O)N2Cc3c(C(=O)OC(C)(C)C)ncn3-c3ccc(Cl)cc32)[C@@H](C)CN1. The van der Waals surface area contributed by atoms with Gasteiger partial charge >= 0.3 is 12.0 Å². The van der Waals surface area contributed by atoms with E-state index in [1.54, 1.807) is 23.4 Å². The van der Waals surface area contributed by atoms with E-state index in [2.05, 4.69) is 17.2 Å². The van der Waals surface area contributed by atoms with Gasteiger partial charge in [-0.1, -0.05) is 11.6 Å². The lowest BCUT2D eigenvalue weighted by Gasteiger charge is -2.41. The smallest absolute Gasteiger partial charge is 0.359 e. The highest BCUT2D eigenvalue weighted by molar-refractivity contribution is 6.31. The van der Waals surface area contributed by atoms with Gasteiger partial charge in [0, 0.05) is 30.2 Å². The van der Waals surface area contributed by atoms with Crippen molar-refractivity contribution in [3.05, 3.63) is 40.9 Å². The minimum absolute atomic E-state index is 0.0449. The predicted octanol–water partition coefficient (Wildman–Crippen LogP) is 3.60. The second-order valence-electron chi connectivity index (χ2n) is 9.22. The molecule has 166 valence electrons. The number of hydrogen-bond acceptors (Lipinski definition) is 5. The highest BCUT2D eigenvalue weighted by Gasteiger charge is 2.37. The van der Waals surface area contributed by atoms with Crippen molar-refractivity contribution in [2.24, 2.45) is 0 Å². The Balaban J connectivity index is 1.75. The molecule has 1 fully saturated rings. The Morgan fingerprint density at radius 3 is 2.68 bits per heavy atom. The topological polar surface area (TPSA) is 79.7 Å². The van der Waals surface area contributed by atoms with Gasteiger partial charge in [0.25, 0.3) is 0 Å². The Kier molecular flexibility index (Phi) is 5.47. The zero-order valence-corrected chi connectivity index (χ0v) is 19.2. The summed E-state index contributed by atoms with van der Waals surface area (Å²) in [6.07, 6.45) is 1.60. The number of piperazine rings is 1. The van der Waals surface area contributed by atoms with Crippen molar-refractivity contribution in [2.45, 2.75) is 58.8 Å². The molecule has 0 unspecified atom stereocenters. The van der Waals surface area contributed by atoms with Crippen LogP contribution in [0.15, 0.2) is 24.5 Å². The van der Waals surface area contributed by atoms with E-state index < -0.39 is 11.6 Å². The van der Waals surface area contributed by atoms with E-state index in [0.717, 1.165) is 12.2 Å². The molecule has 0 radical (unpaired) electrons. The molecular weight excluding hydrogens is 418 g/mol. The van der Waals surface area contributed by atoms with E-state index in [1.807, 2.05) is 43.2 Å². The zero-order chi connectivity index (χ0) is 22.5. The minimum Gasteiger partial charge on any atom is -0.455 e. The van der Waals surface area contributed by atoms with Gasteiger partial charge < -0.3 is 15.0 Å². The van der Waals surface area contributed by atoms with Crippen molar-refractivity contribution in [3.8, 4) is 5.69 Å². The number of halogens is 1. The quantitative estimate of drug-likeness (QED) is 0.678. The first kappa shape index (κ1) is 21.6. The Bertz CT molecular complexity index is 1030. The summed E-state index contributed by atoms with van der Waals surface area (Å²) in [4.78, 5) is 34.3. The number of amides is 2. The van der Waals surface area contributed by atoms with E-state index in [-0.39, 0.29) is 30.4 Å². The van der Waals surface area contributed by atoms with Crippen LogP contribution in [0.25, 0.3) is 5.69 Å². The standard InChI is InChI=1S/C22H28ClN5O3/c1-13-10-26(14(2)9-24-13)21(30)27-11-18-19(20(29)31-22(3,4)5)25-12-28(18)16-7-6-15(23)8-17(16)27/h6-8,12-14,24H,9-11H2,1-5H3/t13-,14+/m1/s1. The first-order chi connectivity index (χ1) is 14.5. The van der Waals surface area contributed by atoms with Crippen LogP contribution in [-0.4, -0.2) is 57.2 Å². The predicted molar refractivity (Wildman–Crippen MR) is 119 cm³/mol. The van der Waals surface area contributed by atoms with E-state index in [1.165, 1.54) is 0 Å². The van der Waals surface area contributed by atoms with Crippen LogP contribution in [0.5, 0.6) is 0 Å². The maximum atomic E-state index is 13.7. The van der Waals surface area contributed by atoms with Crippen LogP contribution < -0.4 is 10.2 Å². The molecule has 3 heterocycles. The van der Waals surface area contributed by atoms with Gasteiger partial charge in [-0.3, -0.25) is 9.47 Å². The Labute approximate surface area is 187 Å². The monoisotopic (exact) mass is 445 g/mol. The van der Waals surface area contributed by atoms with Crippen molar-refractivity contribution in [1.82, 2.24) is 19.8 Å². The molecule has 0 spiro atoms. The average Bonchev–Trinajstić information content (AvgIpc) is 3.11. The summed E-state index contributed by atoms with van der Waals surface area (Å²) in [6, 6.07) is 5.51. The van der Waals surface area contributed by atoms with Gasteiger partial charge in [-0.15, -0.1) is 0 Å². The average molecular weight is 446 g/mol. The number of hydrogen-bond donors (Lipinski definition) is 1. The fourth-order valence-electron chi connectivity index (χ4n) is 3.99. The first-order valence-corrected chi connectivity index (χ1v) is 10.8. The molecule has 2 amide bonds. The number of imidazole rings is 1. The van der Waals surface area contributed by atoms with Gasteiger partial charge in [0.05, 0.1) is 23.6 Å². The van der Waals surface area contributed by atoms with Gasteiger partial charge in [-0.05, 0) is 52.8 Å². The number of benzene rings is 1. The molecular formula is C22H28ClN5O3. The van der Waals surface area contributed by atoms with Crippen molar-refractivity contribution < 1.29 is 14.3 Å². The summed E-state index contributed by atoms with van der Waals surface area (Å²) in [7, 11) is 0. The number of aromatic nitrogens is 2. The number of anilines is 1. The van der Waals surface area contributed by atoms with E-state index >= 15 is 0 Å². The number of urea groups is 1. The molecule has 31 heavy (non-hydrogen) atoms. The summed E-state index contributed by atoms with van der Waals surface area (Å²) in [5, 5.41) is 3.93. The first-order valence-electron chi connectivity index (χ1n) is 10.5. The van der Waals surface area contributed by atoms with Gasteiger partial charge in [-0.2, -0.15) is 0 Å². The maximum Gasteiger partial charge on any atom is 0.359 e. The van der Waals surface area contributed by atoms with Gasteiger partial charge in [0.2, 0.25) is 0 Å². The van der Waals surface area contributed by atoms with Crippen LogP contribution in [0.3, 0.4) is 0 Å². The molecule has 1 N–H and O–H groups in total. The largest absolute Gasteiger partial charge is 0.455 e. The van der Waals surface area contributed by atoms with Crippen molar-refractivity contribution in [3.63, 3.8) is 0 Å². The Morgan fingerprint density at radius 2 is 1.97 bits per heavy atom. The molecule has 9 heteroatoms. The molecule has 1 aromatic carbocycles. The number of fused-ring (bicyclic) bond motifs is 3. The third-order valence-electron chi connectivity index (χ3n) is 5.50. The van der Waals surface area contributed by atoms with Gasteiger partial charge in [0.1, 0.15) is 11.9 Å². The molecule has 4 rings (SSSR count). The van der Waals surface area contributed by atoms with Crippen molar-refractivity contribution >= 4 is 29.3 Å². The van der Waals surface area contributed by atoms with Crippen LogP contribution >= 0.6 is 11.6 Å². The number of carbonyl (C=O) groups excluding carboxylic acids is 2. The Morgan fingerprint density at radius 1 is 1.23 bits per heavy atom. The lowest BCUT2D eigenvalue weighted by molar-refractivity contribution is 0.00619. The number of ether oxygens (including phenoxy) is 1. The Hall–Kier alpha value is -2.58. The van der Waals surface area contributed by atoms with Crippen LogP contribution in [-0.2, 0) is 11.3 Å². The fraction of sp³-hybridized carbons (Fsp3) is 0.500.